The van der Waals surface area contributed by atoms with E-state index < -0.39 is 5.97 Å². The van der Waals surface area contributed by atoms with Crippen LogP contribution < -0.4 is 0 Å². The Hall–Kier alpha value is -0.610. The van der Waals surface area contributed by atoms with Gasteiger partial charge in [-0.25, -0.2) is 0 Å². The van der Waals surface area contributed by atoms with Gasteiger partial charge in [-0.05, 0) is 6.92 Å². The number of piperazine rings is 1. The lowest BCUT2D eigenvalue weighted by atomic mass is 10.3. The third-order valence-corrected chi connectivity index (χ3v) is 2.37. The predicted octanol–water partition coefficient (Wildman–Crippen LogP) is -0.210. The molecule has 1 aliphatic heterocycles. The van der Waals surface area contributed by atoms with Crippen molar-refractivity contribution in [1.82, 2.24) is 9.80 Å². The molecule has 2 radical (unpaired) electrons. The number of carbonyl (C=O) groups is 1. The molecule has 1 saturated heterocycles. The highest BCUT2D eigenvalue weighted by molar-refractivity contribution is 5.66. The van der Waals surface area contributed by atoms with E-state index in [0.29, 0.717) is 13.1 Å². The number of hydrogen-bond donors (Lipinski definition) is 1. The molecule has 0 aromatic heterocycles. The van der Waals surface area contributed by atoms with Crippen molar-refractivity contribution >= 4 is 5.97 Å². The molecule has 1 fully saturated rings. The Bertz CT molecular complexity index is 165. The first kappa shape index (κ1) is 10.5. The summed E-state index contributed by atoms with van der Waals surface area (Å²) < 4.78 is 0. The Morgan fingerprint density at radius 2 is 1.77 bits per heavy atom. The fraction of sp³-hybridized carbons (Fsp3) is 0.778. The van der Waals surface area contributed by atoms with Crippen LogP contribution in [0.15, 0.2) is 0 Å². The number of aliphatic carboxylic acids is 1. The van der Waals surface area contributed by atoms with Gasteiger partial charge in [0.05, 0.1) is 6.42 Å². The lowest BCUT2D eigenvalue weighted by Gasteiger charge is -2.33. The smallest absolute Gasteiger partial charge is 0.304 e. The minimum absolute atomic E-state index is 0.239. The summed E-state index contributed by atoms with van der Waals surface area (Å²) in [5.41, 5.74) is 0. The van der Waals surface area contributed by atoms with Gasteiger partial charge in [0.25, 0.3) is 0 Å². The van der Waals surface area contributed by atoms with Crippen molar-refractivity contribution in [3.63, 3.8) is 0 Å². The first-order valence-corrected chi connectivity index (χ1v) is 4.59. The summed E-state index contributed by atoms with van der Waals surface area (Å²) >= 11 is 0. The zero-order valence-electron chi connectivity index (χ0n) is 7.78. The molecule has 0 aliphatic carbocycles. The van der Waals surface area contributed by atoms with Crippen LogP contribution in [0.25, 0.3) is 0 Å². The summed E-state index contributed by atoms with van der Waals surface area (Å²) in [4.78, 5) is 14.6. The lowest BCUT2D eigenvalue weighted by Crippen LogP contribution is -2.46. The van der Waals surface area contributed by atoms with E-state index >= 15 is 0 Å². The van der Waals surface area contributed by atoms with Gasteiger partial charge in [-0.15, -0.1) is 0 Å². The summed E-state index contributed by atoms with van der Waals surface area (Å²) in [7, 11) is 0. The highest BCUT2D eigenvalue weighted by Crippen LogP contribution is 2.01. The first-order valence-electron chi connectivity index (χ1n) is 4.59. The maximum atomic E-state index is 10.3. The van der Waals surface area contributed by atoms with Gasteiger partial charge in [-0.3, -0.25) is 4.79 Å². The molecule has 0 aromatic rings. The number of rotatable bonds is 4. The second kappa shape index (κ2) is 5.19. The molecule has 0 spiro atoms. The highest BCUT2D eigenvalue weighted by Gasteiger charge is 2.15. The molecule has 1 heterocycles. The lowest BCUT2D eigenvalue weighted by molar-refractivity contribution is -0.137. The summed E-state index contributed by atoms with van der Waals surface area (Å²) in [6.45, 7) is 10.5. The number of hydrogen-bond acceptors (Lipinski definition) is 3. The SMILES string of the molecule is [CH]CN1CCN(CCC(=O)O)CC1. The van der Waals surface area contributed by atoms with Gasteiger partial charge < -0.3 is 14.9 Å². The Labute approximate surface area is 79.1 Å². The predicted molar refractivity (Wildman–Crippen MR) is 49.4 cm³/mol. The van der Waals surface area contributed by atoms with E-state index in [4.69, 9.17) is 12.0 Å². The molecule has 4 nitrogen and oxygen atoms in total. The van der Waals surface area contributed by atoms with E-state index in [9.17, 15) is 4.79 Å². The van der Waals surface area contributed by atoms with Crippen LogP contribution in [0.1, 0.15) is 6.42 Å². The largest absolute Gasteiger partial charge is 0.481 e. The van der Waals surface area contributed by atoms with Crippen molar-refractivity contribution in [3.8, 4) is 0 Å². The molecule has 0 unspecified atom stereocenters. The standard InChI is InChI=1S/C9H16N2O2/c1-2-10-5-7-11(8-6-10)4-3-9(12)13/h1H,2-8H2,(H,12,13). The Balaban J connectivity index is 2.14. The summed E-state index contributed by atoms with van der Waals surface area (Å²) in [6, 6.07) is 0. The van der Waals surface area contributed by atoms with Gasteiger partial charge in [0.2, 0.25) is 0 Å². The molecule has 1 N–H and O–H groups in total. The Kier molecular flexibility index (Phi) is 4.18. The molecule has 0 amide bonds. The fourth-order valence-electron chi connectivity index (χ4n) is 1.45. The average Bonchev–Trinajstić information content (AvgIpc) is 2.15. The van der Waals surface area contributed by atoms with Crippen LogP contribution in [-0.4, -0.2) is 60.1 Å². The third kappa shape index (κ3) is 3.74. The van der Waals surface area contributed by atoms with Crippen molar-refractivity contribution < 1.29 is 9.90 Å². The molecule has 1 rings (SSSR count). The van der Waals surface area contributed by atoms with Gasteiger partial charge in [0.1, 0.15) is 0 Å². The molecule has 0 bridgehead atoms. The van der Waals surface area contributed by atoms with Crippen LogP contribution >= 0.6 is 0 Å². The van der Waals surface area contributed by atoms with Crippen LogP contribution in [0.3, 0.4) is 0 Å². The van der Waals surface area contributed by atoms with Crippen molar-refractivity contribution in [3.05, 3.63) is 6.92 Å². The first-order chi connectivity index (χ1) is 6.22. The molecular weight excluding hydrogens is 168 g/mol. The summed E-state index contributed by atoms with van der Waals surface area (Å²) in [5.74, 6) is -0.721. The second-order valence-corrected chi connectivity index (χ2v) is 3.29. The van der Waals surface area contributed by atoms with Gasteiger partial charge in [0.15, 0.2) is 0 Å². The molecule has 0 saturated carbocycles. The van der Waals surface area contributed by atoms with Crippen LogP contribution in [-0.2, 0) is 4.79 Å². The summed E-state index contributed by atoms with van der Waals surface area (Å²) in [5, 5.41) is 8.49. The van der Waals surface area contributed by atoms with Crippen LogP contribution in [0.5, 0.6) is 0 Å². The third-order valence-electron chi connectivity index (χ3n) is 2.37. The molecule has 74 valence electrons. The molecule has 4 heteroatoms. The van der Waals surface area contributed by atoms with E-state index in [-0.39, 0.29) is 6.42 Å². The van der Waals surface area contributed by atoms with Crippen molar-refractivity contribution in [2.24, 2.45) is 0 Å². The number of carboxylic acid groups (broad SMARTS) is 1. The molecule has 1 aliphatic rings. The van der Waals surface area contributed by atoms with Gasteiger partial charge in [0, 0.05) is 39.3 Å². The van der Waals surface area contributed by atoms with Crippen LogP contribution in [0.4, 0.5) is 0 Å². The topological polar surface area (TPSA) is 43.8 Å². The normalized spacial score (nSPS) is 20.4. The second-order valence-electron chi connectivity index (χ2n) is 3.29. The maximum Gasteiger partial charge on any atom is 0.304 e. The highest BCUT2D eigenvalue weighted by atomic mass is 16.4. The number of carboxylic acids is 1. The monoisotopic (exact) mass is 184 g/mol. The fourth-order valence-corrected chi connectivity index (χ4v) is 1.45. The average molecular weight is 184 g/mol. The minimum atomic E-state index is -0.721. The molecule has 0 atom stereocenters. The van der Waals surface area contributed by atoms with E-state index in [1.165, 1.54) is 0 Å². The van der Waals surface area contributed by atoms with E-state index in [0.717, 1.165) is 26.2 Å². The van der Waals surface area contributed by atoms with Gasteiger partial charge in [-0.2, -0.15) is 0 Å². The summed E-state index contributed by atoms with van der Waals surface area (Å²) in [6.07, 6.45) is 0.239. The number of nitrogens with zero attached hydrogens (tertiary/aromatic N) is 2. The molecule has 0 aromatic carbocycles. The Morgan fingerprint density at radius 3 is 2.23 bits per heavy atom. The van der Waals surface area contributed by atoms with Crippen molar-refractivity contribution in [2.75, 3.05) is 39.3 Å². The van der Waals surface area contributed by atoms with E-state index in [1.807, 2.05) is 0 Å². The molecular formula is C9H16N2O2. The van der Waals surface area contributed by atoms with Crippen molar-refractivity contribution in [1.29, 1.82) is 0 Å². The van der Waals surface area contributed by atoms with Crippen LogP contribution in [0.2, 0.25) is 0 Å². The zero-order chi connectivity index (χ0) is 9.68. The maximum absolute atomic E-state index is 10.3. The van der Waals surface area contributed by atoms with E-state index in [1.54, 1.807) is 0 Å². The van der Waals surface area contributed by atoms with Crippen LogP contribution in [0, 0.1) is 6.92 Å². The minimum Gasteiger partial charge on any atom is -0.481 e. The van der Waals surface area contributed by atoms with Crippen molar-refractivity contribution in [2.45, 2.75) is 6.42 Å². The van der Waals surface area contributed by atoms with E-state index in [2.05, 4.69) is 9.80 Å². The van der Waals surface area contributed by atoms with Gasteiger partial charge >= 0.3 is 5.97 Å². The molecule has 13 heavy (non-hydrogen) atoms. The Morgan fingerprint density at radius 1 is 1.23 bits per heavy atom. The quantitative estimate of drug-likeness (QED) is 0.656. The van der Waals surface area contributed by atoms with Gasteiger partial charge in [-0.1, -0.05) is 0 Å². The zero-order valence-corrected chi connectivity index (χ0v) is 7.78.